The molecular formula is C19H27N5. The summed E-state index contributed by atoms with van der Waals surface area (Å²) in [4.78, 5) is 4.42. The molecule has 3 rings (SSSR count). The van der Waals surface area contributed by atoms with Crippen molar-refractivity contribution in [2.75, 3.05) is 25.4 Å². The molecule has 1 aliphatic rings. The van der Waals surface area contributed by atoms with E-state index < -0.39 is 0 Å². The lowest BCUT2D eigenvalue weighted by molar-refractivity contribution is 0.406. The van der Waals surface area contributed by atoms with Gasteiger partial charge in [-0.25, -0.2) is 4.98 Å². The van der Waals surface area contributed by atoms with E-state index in [1.54, 1.807) is 0 Å². The number of rotatable bonds is 7. The molecule has 5 nitrogen and oxygen atoms in total. The van der Waals surface area contributed by atoms with Crippen molar-refractivity contribution in [3.05, 3.63) is 59.8 Å². The maximum absolute atomic E-state index is 6.29. The van der Waals surface area contributed by atoms with Gasteiger partial charge in [0.2, 0.25) is 0 Å². The minimum absolute atomic E-state index is 0.124. The zero-order chi connectivity index (χ0) is 16.8. The molecule has 3 atom stereocenters. The smallest absolute Gasteiger partial charge is 0.123 e. The summed E-state index contributed by atoms with van der Waals surface area (Å²) < 4.78 is 0. The Morgan fingerprint density at radius 3 is 2.75 bits per heavy atom. The molecule has 1 aromatic carbocycles. The van der Waals surface area contributed by atoms with Crippen LogP contribution in [0.15, 0.2) is 48.5 Å². The number of pyridine rings is 1. The van der Waals surface area contributed by atoms with Crippen LogP contribution < -0.4 is 22.1 Å². The molecule has 2 aromatic rings. The molecule has 0 spiro atoms. The molecule has 1 fully saturated rings. The second-order valence-corrected chi connectivity index (χ2v) is 6.64. The summed E-state index contributed by atoms with van der Waals surface area (Å²) >= 11 is 0. The van der Waals surface area contributed by atoms with Crippen LogP contribution >= 0.6 is 0 Å². The molecule has 128 valence electrons. The third kappa shape index (κ3) is 4.77. The van der Waals surface area contributed by atoms with Gasteiger partial charge in [0.15, 0.2) is 0 Å². The van der Waals surface area contributed by atoms with Crippen molar-refractivity contribution in [1.82, 2.24) is 15.6 Å². The average Bonchev–Trinajstić information content (AvgIpc) is 3.01. The largest absolute Gasteiger partial charge is 0.384 e. The molecular weight excluding hydrogens is 298 g/mol. The van der Waals surface area contributed by atoms with Gasteiger partial charge in [-0.05, 0) is 43.0 Å². The number of nitrogens with two attached hydrogens (primary N) is 2. The van der Waals surface area contributed by atoms with Crippen LogP contribution in [-0.2, 0) is 12.8 Å². The molecule has 0 bridgehead atoms. The monoisotopic (exact) mass is 325 g/mol. The maximum Gasteiger partial charge on any atom is 0.123 e. The fourth-order valence-electron chi connectivity index (χ4n) is 3.36. The Morgan fingerprint density at radius 1 is 1.12 bits per heavy atom. The standard InChI is InChI=1S/C19H27N5/c20-16(9-14-5-2-1-3-6-14)12-23-18-13-22-11-15(18)10-17-7-4-8-19(21)24-17/h1-8,15-16,18,22-23H,9-13,20H2,(H2,21,24)/t15?,16-,18?/m1/s1. The second kappa shape index (κ2) is 8.24. The van der Waals surface area contributed by atoms with E-state index in [1.807, 2.05) is 24.3 Å². The third-order valence-corrected chi connectivity index (χ3v) is 4.62. The van der Waals surface area contributed by atoms with Crippen molar-refractivity contribution in [1.29, 1.82) is 0 Å². The van der Waals surface area contributed by atoms with E-state index in [1.165, 1.54) is 5.56 Å². The Morgan fingerprint density at radius 2 is 1.96 bits per heavy atom. The zero-order valence-electron chi connectivity index (χ0n) is 14.0. The van der Waals surface area contributed by atoms with Gasteiger partial charge in [-0.15, -0.1) is 0 Å². The van der Waals surface area contributed by atoms with Crippen LogP contribution in [0, 0.1) is 5.92 Å². The highest BCUT2D eigenvalue weighted by Crippen LogP contribution is 2.16. The summed E-state index contributed by atoms with van der Waals surface area (Å²) in [7, 11) is 0. The van der Waals surface area contributed by atoms with Crippen LogP contribution in [0.3, 0.4) is 0 Å². The fraction of sp³-hybridized carbons (Fsp3) is 0.421. The number of hydrogen-bond donors (Lipinski definition) is 4. The van der Waals surface area contributed by atoms with Gasteiger partial charge in [0, 0.05) is 30.9 Å². The third-order valence-electron chi connectivity index (χ3n) is 4.62. The highest BCUT2D eigenvalue weighted by Gasteiger charge is 2.27. The second-order valence-electron chi connectivity index (χ2n) is 6.64. The molecule has 1 saturated heterocycles. The first kappa shape index (κ1) is 16.9. The average molecular weight is 325 g/mol. The van der Waals surface area contributed by atoms with Crippen LogP contribution in [0.1, 0.15) is 11.3 Å². The summed E-state index contributed by atoms with van der Waals surface area (Å²) in [6.45, 7) is 2.80. The topological polar surface area (TPSA) is 89.0 Å². The normalized spacial score (nSPS) is 21.7. The van der Waals surface area contributed by atoms with E-state index in [4.69, 9.17) is 11.5 Å². The molecule has 0 saturated carbocycles. The SMILES string of the molecule is Nc1cccc(CC2CNCC2NC[C@H](N)Cc2ccccc2)n1. The molecule has 2 unspecified atom stereocenters. The van der Waals surface area contributed by atoms with Crippen LogP contribution in [0.25, 0.3) is 0 Å². The van der Waals surface area contributed by atoms with E-state index in [9.17, 15) is 0 Å². The number of benzene rings is 1. The Kier molecular flexibility index (Phi) is 5.80. The lowest BCUT2D eigenvalue weighted by Crippen LogP contribution is -2.44. The predicted molar refractivity (Wildman–Crippen MR) is 98.6 cm³/mol. The van der Waals surface area contributed by atoms with Crippen molar-refractivity contribution in [3.8, 4) is 0 Å². The number of aromatic nitrogens is 1. The van der Waals surface area contributed by atoms with E-state index >= 15 is 0 Å². The molecule has 6 N–H and O–H groups in total. The summed E-state index contributed by atoms with van der Waals surface area (Å²) in [5.74, 6) is 1.11. The molecule has 1 aliphatic heterocycles. The number of nitrogens with zero attached hydrogens (tertiary/aromatic N) is 1. The van der Waals surface area contributed by atoms with E-state index in [-0.39, 0.29) is 6.04 Å². The van der Waals surface area contributed by atoms with E-state index in [2.05, 4.69) is 39.9 Å². The number of anilines is 1. The van der Waals surface area contributed by atoms with Crippen molar-refractivity contribution in [2.24, 2.45) is 11.7 Å². The maximum atomic E-state index is 6.29. The Labute approximate surface area is 143 Å². The van der Waals surface area contributed by atoms with Crippen LogP contribution in [0.2, 0.25) is 0 Å². The van der Waals surface area contributed by atoms with Gasteiger partial charge < -0.3 is 22.1 Å². The molecule has 24 heavy (non-hydrogen) atoms. The number of nitrogens with one attached hydrogen (secondary N) is 2. The van der Waals surface area contributed by atoms with Crippen LogP contribution in [0.5, 0.6) is 0 Å². The van der Waals surface area contributed by atoms with Gasteiger partial charge >= 0.3 is 0 Å². The zero-order valence-corrected chi connectivity index (χ0v) is 14.0. The van der Waals surface area contributed by atoms with Gasteiger partial charge in [0.05, 0.1) is 0 Å². The van der Waals surface area contributed by atoms with Crippen LogP contribution in [0.4, 0.5) is 5.82 Å². The summed E-state index contributed by atoms with van der Waals surface area (Å²) in [5, 5.41) is 7.11. The van der Waals surface area contributed by atoms with Crippen molar-refractivity contribution < 1.29 is 0 Å². The molecule has 1 aromatic heterocycles. The quantitative estimate of drug-likeness (QED) is 0.609. The molecule has 0 aliphatic carbocycles. The fourth-order valence-corrected chi connectivity index (χ4v) is 3.36. The summed E-state index contributed by atoms with van der Waals surface area (Å²) in [6.07, 6.45) is 1.83. The number of hydrogen-bond acceptors (Lipinski definition) is 5. The molecule has 0 radical (unpaired) electrons. The van der Waals surface area contributed by atoms with Gasteiger partial charge in [0.1, 0.15) is 5.82 Å². The van der Waals surface area contributed by atoms with Crippen molar-refractivity contribution in [2.45, 2.75) is 24.9 Å². The predicted octanol–water partition coefficient (Wildman–Crippen LogP) is 0.954. The van der Waals surface area contributed by atoms with Gasteiger partial charge in [0.25, 0.3) is 0 Å². The molecule has 5 heteroatoms. The first-order chi connectivity index (χ1) is 11.7. The minimum atomic E-state index is 0.124. The summed E-state index contributed by atoms with van der Waals surface area (Å²) in [6, 6.07) is 16.8. The highest BCUT2D eigenvalue weighted by molar-refractivity contribution is 5.29. The Bertz CT molecular complexity index is 631. The minimum Gasteiger partial charge on any atom is -0.384 e. The molecule has 2 heterocycles. The van der Waals surface area contributed by atoms with Crippen molar-refractivity contribution in [3.63, 3.8) is 0 Å². The van der Waals surface area contributed by atoms with Crippen molar-refractivity contribution >= 4 is 5.82 Å². The van der Waals surface area contributed by atoms with Gasteiger partial charge in [-0.1, -0.05) is 36.4 Å². The van der Waals surface area contributed by atoms with Gasteiger partial charge in [-0.2, -0.15) is 0 Å². The first-order valence-corrected chi connectivity index (χ1v) is 8.65. The highest BCUT2D eigenvalue weighted by atomic mass is 15.1. The van der Waals surface area contributed by atoms with E-state index in [0.717, 1.165) is 38.2 Å². The Hall–Kier alpha value is -1.95. The first-order valence-electron chi connectivity index (χ1n) is 8.65. The summed E-state index contributed by atoms with van der Waals surface area (Å²) in [5.41, 5.74) is 14.4. The lowest BCUT2D eigenvalue weighted by Gasteiger charge is -2.22. The molecule has 0 amide bonds. The number of nitrogen functional groups attached to an aromatic ring is 1. The lowest BCUT2D eigenvalue weighted by atomic mass is 9.97. The van der Waals surface area contributed by atoms with Crippen LogP contribution in [-0.4, -0.2) is 36.7 Å². The van der Waals surface area contributed by atoms with Gasteiger partial charge in [-0.3, -0.25) is 0 Å². The van der Waals surface area contributed by atoms with E-state index in [0.29, 0.717) is 17.8 Å². The Balaban J connectivity index is 1.49.